The van der Waals surface area contributed by atoms with Gasteiger partial charge in [0.1, 0.15) is 5.82 Å². The molecule has 0 aliphatic carbocycles. The zero-order valence-electron chi connectivity index (χ0n) is 7.69. The van der Waals surface area contributed by atoms with Gasteiger partial charge in [0.05, 0.1) is 12.8 Å². The molecule has 0 saturated heterocycles. The van der Waals surface area contributed by atoms with E-state index in [1.165, 1.54) is 0 Å². The van der Waals surface area contributed by atoms with Gasteiger partial charge in [-0.2, -0.15) is 5.10 Å². The van der Waals surface area contributed by atoms with E-state index in [1.54, 1.807) is 19.4 Å². The van der Waals surface area contributed by atoms with Crippen LogP contribution in [0.1, 0.15) is 0 Å². The first-order valence-corrected chi connectivity index (χ1v) is 4.11. The fourth-order valence-electron chi connectivity index (χ4n) is 1.17. The molecular formula is C9H10N4O. The van der Waals surface area contributed by atoms with Crippen molar-refractivity contribution in [3.63, 3.8) is 0 Å². The second kappa shape index (κ2) is 3.37. The SMILES string of the molecule is COc1cc(-c2cc(N)n[nH]2)ccn1. The van der Waals surface area contributed by atoms with Crippen LogP contribution in [0.5, 0.6) is 5.88 Å². The monoisotopic (exact) mass is 190 g/mol. The number of ether oxygens (including phenoxy) is 1. The summed E-state index contributed by atoms with van der Waals surface area (Å²) in [4.78, 5) is 4.00. The maximum Gasteiger partial charge on any atom is 0.213 e. The van der Waals surface area contributed by atoms with Gasteiger partial charge in [-0.25, -0.2) is 4.98 Å². The minimum absolute atomic E-state index is 0.468. The lowest BCUT2D eigenvalue weighted by Crippen LogP contribution is -1.87. The molecule has 0 aliphatic rings. The highest BCUT2D eigenvalue weighted by atomic mass is 16.5. The number of rotatable bonds is 2. The second-order valence-electron chi connectivity index (χ2n) is 2.79. The van der Waals surface area contributed by atoms with Gasteiger partial charge in [0.25, 0.3) is 0 Å². The number of hydrogen-bond acceptors (Lipinski definition) is 4. The van der Waals surface area contributed by atoms with Crippen LogP contribution in [0.25, 0.3) is 11.3 Å². The summed E-state index contributed by atoms with van der Waals surface area (Å²) in [5.74, 6) is 1.03. The quantitative estimate of drug-likeness (QED) is 0.742. The number of nitrogen functional groups attached to an aromatic ring is 1. The molecule has 0 aliphatic heterocycles. The smallest absolute Gasteiger partial charge is 0.213 e. The van der Waals surface area contributed by atoms with Crippen molar-refractivity contribution in [3.05, 3.63) is 24.4 Å². The molecule has 0 saturated carbocycles. The lowest BCUT2D eigenvalue weighted by molar-refractivity contribution is 0.398. The Balaban J connectivity index is 2.41. The molecule has 0 fully saturated rings. The lowest BCUT2D eigenvalue weighted by atomic mass is 10.2. The van der Waals surface area contributed by atoms with Crippen LogP contribution in [0, 0.1) is 0 Å². The zero-order valence-corrected chi connectivity index (χ0v) is 7.69. The van der Waals surface area contributed by atoms with Crippen LogP contribution in [-0.4, -0.2) is 22.3 Å². The molecule has 2 heterocycles. The van der Waals surface area contributed by atoms with Crippen molar-refractivity contribution < 1.29 is 4.74 Å². The van der Waals surface area contributed by atoms with E-state index in [-0.39, 0.29) is 0 Å². The molecular weight excluding hydrogens is 180 g/mol. The van der Waals surface area contributed by atoms with Gasteiger partial charge in [0.15, 0.2) is 0 Å². The average molecular weight is 190 g/mol. The van der Waals surface area contributed by atoms with Gasteiger partial charge in [-0.05, 0) is 6.07 Å². The van der Waals surface area contributed by atoms with Gasteiger partial charge < -0.3 is 10.5 Å². The Kier molecular flexibility index (Phi) is 2.06. The summed E-state index contributed by atoms with van der Waals surface area (Å²) in [6.07, 6.45) is 1.67. The Morgan fingerprint density at radius 2 is 2.29 bits per heavy atom. The van der Waals surface area contributed by atoms with E-state index in [4.69, 9.17) is 10.5 Å². The minimum Gasteiger partial charge on any atom is -0.481 e. The highest BCUT2D eigenvalue weighted by Crippen LogP contribution is 2.20. The third kappa shape index (κ3) is 1.52. The summed E-state index contributed by atoms with van der Waals surface area (Å²) in [7, 11) is 1.58. The molecule has 0 bridgehead atoms. The fourth-order valence-corrected chi connectivity index (χ4v) is 1.17. The van der Waals surface area contributed by atoms with Crippen LogP contribution in [0.3, 0.4) is 0 Å². The van der Waals surface area contributed by atoms with Crippen LogP contribution in [0.15, 0.2) is 24.4 Å². The van der Waals surface area contributed by atoms with Gasteiger partial charge in [0.2, 0.25) is 5.88 Å². The number of anilines is 1. The molecule has 0 atom stereocenters. The number of nitrogens with two attached hydrogens (primary N) is 1. The Labute approximate surface area is 80.9 Å². The van der Waals surface area contributed by atoms with E-state index in [9.17, 15) is 0 Å². The first-order chi connectivity index (χ1) is 6.79. The summed E-state index contributed by atoms with van der Waals surface area (Å²) in [6.45, 7) is 0. The molecule has 0 radical (unpaired) electrons. The molecule has 0 unspecified atom stereocenters. The predicted molar refractivity (Wildman–Crippen MR) is 52.8 cm³/mol. The Bertz CT molecular complexity index is 438. The lowest BCUT2D eigenvalue weighted by Gasteiger charge is -2.00. The Hall–Kier alpha value is -2.04. The van der Waals surface area contributed by atoms with Crippen molar-refractivity contribution in [1.82, 2.24) is 15.2 Å². The molecule has 2 rings (SSSR count). The van der Waals surface area contributed by atoms with Crippen molar-refractivity contribution in [2.45, 2.75) is 0 Å². The van der Waals surface area contributed by atoms with Crippen LogP contribution in [-0.2, 0) is 0 Å². The number of nitrogens with zero attached hydrogens (tertiary/aromatic N) is 2. The number of nitrogens with one attached hydrogen (secondary N) is 1. The van der Waals surface area contributed by atoms with E-state index >= 15 is 0 Å². The first-order valence-electron chi connectivity index (χ1n) is 4.11. The maximum absolute atomic E-state index is 5.50. The highest BCUT2D eigenvalue weighted by Gasteiger charge is 2.02. The molecule has 5 nitrogen and oxygen atoms in total. The number of H-pyrrole nitrogens is 1. The summed E-state index contributed by atoms with van der Waals surface area (Å²) in [5, 5.41) is 6.65. The Morgan fingerprint density at radius 3 is 2.93 bits per heavy atom. The number of aromatic amines is 1. The van der Waals surface area contributed by atoms with Crippen LogP contribution >= 0.6 is 0 Å². The van der Waals surface area contributed by atoms with E-state index in [0.717, 1.165) is 11.3 Å². The average Bonchev–Trinajstić information content (AvgIpc) is 2.65. The van der Waals surface area contributed by atoms with Crippen LogP contribution < -0.4 is 10.5 Å². The van der Waals surface area contributed by atoms with Crippen molar-refractivity contribution in [2.75, 3.05) is 12.8 Å². The fraction of sp³-hybridized carbons (Fsp3) is 0.111. The van der Waals surface area contributed by atoms with Gasteiger partial charge in [-0.15, -0.1) is 0 Å². The standard InChI is InChI=1S/C9H10N4O/c1-14-9-4-6(2-3-11-9)7-5-8(10)13-12-7/h2-5H,1H3,(H3,10,12,13). The van der Waals surface area contributed by atoms with Crippen LogP contribution in [0.4, 0.5) is 5.82 Å². The molecule has 14 heavy (non-hydrogen) atoms. The molecule has 0 spiro atoms. The van der Waals surface area contributed by atoms with Gasteiger partial charge in [-0.1, -0.05) is 0 Å². The molecule has 3 N–H and O–H groups in total. The van der Waals surface area contributed by atoms with Crippen molar-refractivity contribution in [2.24, 2.45) is 0 Å². The maximum atomic E-state index is 5.50. The third-order valence-corrected chi connectivity index (χ3v) is 1.85. The third-order valence-electron chi connectivity index (χ3n) is 1.85. The van der Waals surface area contributed by atoms with Gasteiger partial charge in [0, 0.05) is 23.9 Å². The van der Waals surface area contributed by atoms with Gasteiger partial charge in [-0.3, -0.25) is 5.10 Å². The first kappa shape index (κ1) is 8.55. The Morgan fingerprint density at radius 1 is 1.43 bits per heavy atom. The molecule has 0 amide bonds. The zero-order chi connectivity index (χ0) is 9.97. The van der Waals surface area contributed by atoms with E-state index in [2.05, 4.69) is 15.2 Å². The minimum atomic E-state index is 0.468. The van der Waals surface area contributed by atoms with E-state index in [0.29, 0.717) is 11.7 Å². The van der Waals surface area contributed by atoms with Crippen molar-refractivity contribution in [3.8, 4) is 17.1 Å². The number of methoxy groups -OCH3 is 1. The van der Waals surface area contributed by atoms with Crippen LogP contribution in [0.2, 0.25) is 0 Å². The topological polar surface area (TPSA) is 76.8 Å². The van der Waals surface area contributed by atoms with E-state index in [1.807, 2.05) is 12.1 Å². The number of hydrogen-bond donors (Lipinski definition) is 2. The molecule has 2 aromatic heterocycles. The number of pyridine rings is 1. The largest absolute Gasteiger partial charge is 0.481 e. The molecule has 0 aromatic carbocycles. The predicted octanol–water partition coefficient (Wildman–Crippen LogP) is 1.06. The van der Waals surface area contributed by atoms with Gasteiger partial charge >= 0.3 is 0 Å². The number of aromatic nitrogens is 3. The summed E-state index contributed by atoms with van der Waals surface area (Å²) < 4.78 is 5.01. The molecule has 72 valence electrons. The van der Waals surface area contributed by atoms with E-state index < -0.39 is 0 Å². The summed E-state index contributed by atoms with van der Waals surface area (Å²) in [6, 6.07) is 5.43. The second-order valence-corrected chi connectivity index (χ2v) is 2.79. The summed E-state index contributed by atoms with van der Waals surface area (Å²) >= 11 is 0. The molecule has 5 heteroatoms. The highest BCUT2D eigenvalue weighted by molar-refractivity contribution is 5.62. The summed E-state index contributed by atoms with van der Waals surface area (Å²) in [5.41, 5.74) is 7.29. The van der Waals surface area contributed by atoms with Crippen molar-refractivity contribution in [1.29, 1.82) is 0 Å². The van der Waals surface area contributed by atoms with Crippen molar-refractivity contribution >= 4 is 5.82 Å². The molecule has 2 aromatic rings. The normalized spacial score (nSPS) is 10.1.